The lowest BCUT2D eigenvalue weighted by molar-refractivity contribution is -0.150. The Morgan fingerprint density at radius 1 is 1.37 bits per heavy atom. The highest BCUT2D eigenvalue weighted by Gasteiger charge is 2.18. The van der Waals surface area contributed by atoms with Gasteiger partial charge >= 0.3 is 5.97 Å². The van der Waals surface area contributed by atoms with Crippen LogP contribution in [0.1, 0.15) is 19.4 Å². The Hall–Kier alpha value is -1.75. The van der Waals surface area contributed by atoms with Crippen molar-refractivity contribution < 1.29 is 19.1 Å². The van der Waals surface area contributed by atoms with Crippen LogP contribution >= 0.6 is 11.6 Å². The van der Waals surface area contributed by atoms with E-state index in [0.29, 0.717) is 16.5 Å². The molecular formula is C13H16ClNO4. The number of amides is 1. The number of methoxy groups -OCH3 is 1. The van der Waals surface area contributed by atoms with Crippen LogP contribution in [0.4, 0.5) is 5.69 Å². The average Bonchev–Trinajstić information content (AvgIpc) is 2.32. The number of hydrogen-bond donors (Lipinski definition) is 1. The van der Waals surface area contributed by atoms with Gasteiger partial charge in [-0.2, -0.15) is 0 Å². The molecule has 1 amide bonds. The minimum Gasteiger partial charge on any atom is -0.495 e. The van der Waals surface area contributed by atoms with Crippen molar-refractivity contribution in [2.75, 3.05) is 12.4 Å². The van der Waals surface area contributed by atoms with Crippen molar-refractivity contribution >= 4 is 29.2 Å². The van der Waals surface area contributed by atoms with Gasteiger partial charge in [0.2, 0.25) is 0 Å². The van der Waals surface area contributed by atoms with Crippen LogP contribution in [0.15, 0.2) is 12.1 Å². The molecule has 1 aromatic rings. The summed E-state index contributed by atoms with van der Waals surface area (Å²) in [6, 6.07) is 3.31. The molecule has 0 aliphatic heterocycles. The monoisotopic (exact) mass is 285 g/mol. The van der Waals surface area contributed by atoms with Crippen molar-refractivity contribution in [3.8, 4) is 5.75 Å². The van der Waals surface area contributed by atoms with Crippen molar-refractivity contribution in [3.63, 3.8) is 0 Å². The molecule has 19 heavy (non-hydrogen) atoms. The first-order valence-corrected chi connectivity index (χ1v) is 6.05. The van der Waals surface area contributed by atoms with Gasteiger partial charge in [-0.15, -0.1) is 0 Å². The topological polar surface area (TPSA) is 64.6 Å². The van der Waals surface area contributed by atoms with Crippen LogP contribution in [-0.4, -0.2) is 25.1 Å². The van der Waals surface area contributed by atoms with E-state index in [2.05, 4.69) is 5.32 Å². The smallest absolute Gasteiger partial charge is 0.303 e. The molecule has 1 atom stereocenters. The number of nitrogens with one attached hydrogen (secondary N) is 1. The normalized spacial score (nSPS) is 11.6. The van der Waals surface area contributed by atoms with Gasteiger partial charge in [-0.05, 0) is 25.5 Å². The number of aryl methyl sites for hydroxylation is 1. The summed E-state index contributed by atoms with van der Waals surface area (Å²) in [7, 11) is 1.48. The van der Waals surface area contributed by atoms with Gasteiger partial charge in [0.1, 0.15) is 5.75 Å². The Bertz CT molecular complexity index is 502. The van der Waals surface area contributed by atoms with Gasteiger partial charge in [0.15, 0.2) is 6.10 Å². The Morgan fingerprint density at radius 2 is 2.00 bits per heavy atom. The van der Waals surface area contributed by atoms with Crippen LogP contribution in [-0.2, 0) is 14.3 Å². The van der Waals surface area contributed by atoms with Crippen LogP contribution in [0.5, 0.6) is 5.75 Å². The maximum Gasteiger partial charge on any atom is 0.303 e. The first-order chi connectivity index (χ1) is 8.85. The third-order valence-electron chi connectivity index (χ3n) is 2.45. The molecule has 0 bridgehead atoms. The molecule has 1 aromatic carbocycles. The summed E-state index contributed by atoms with van der Waals surface area (Å²) >= 11 is 5.97. The third-order valence-corrected chi connectivity index (χ3v) is 2.86. The van der Waals surface area contributed by atoms with Crippen LogP contribution < -0.4 is 10.1 Å². The highest BCUT2D eigenvalue weighted by Crippen LogP contribution is 2.31. The lowest BCUT2D eigenvalue weighted by Gasteiger charge is -2.15. The molecule has 0 radical (unpaired) electrons. The lowest BCUT2D eigenvalue weighted by atomic mass is 10.2. The Morgan fingerprint density at radius 3 is 2.53 bits per heavy atom. The number of anilines is 1. The van der Waals surface area contributed by atoms with Gasteiger partial charge in [-0.1, -0.05) is 11.6 Å². The molecule has 0 fully saturated rings. The maximum atomic E-state index is 11.8. The molecule has 1 N–H and O–H groups in total. The minimum absolute atomic E-state index is 0.435. The van der Waals surface area contributed by atoms with E-state index >= 15 is 0 Å². The van der Waals surface area contributed by atoms with E-state index in [-0.39, 0.29) is 0 Å². The number of benzene rings is 1. The molecule has 0 aliphatic rings. The summed E-state index contributed by atoms with van der Waals surface area (Å²) in [4.78, 5) is 22.6. The second-order valence-electron chi connectivity index (χ2n) is 4.04. The number of halogens is 1. The third kappa shape index (κ3) is 4.13. The molecular weight excluding hydrogens is 270 g/mol. The number of ether oxygens (including phenoxy) is 2. The van der Waals surface area contributed by atoms with Gasteiger partial charge < -0.3 is 14.8 Å². The van der Waals surface area contributed by atoms with Crippen molar-refractivity contribution in [2.45, 2.75) is 26.9 Å². The fraction of sp³-hybridized carbons (Fsp3) is 0.385. The Kier molecular flexibility index (Phi) is 5.18. The molecule has 0 saturated heterocycles. The Balaban J connectivity index is 2.90. The molecule has 0 aliphatic carbocycles. The first-order valence-electron chi connectivity index (χ1n) is 5.67. The molecule has 0 spiro atoms. The lowest BCUT2D eigenvalue weighted by Crippen LogP contribution is -2.29. The zero-order chi connectivity index (χ0) is 14.6. The van der Waals surface area contributed by atoms with Crippen molar-refractivity contribution in [1.82, 2.24) is 0 Å². The number of carbonyl (C=O) groups excluding carboxylic acids is 2. The van der Waals surface area contributed by atoms with Gasteiger partial charge in [0.05, 0.1) is 12.8 Å². The molecule has 0 unspecified atom stereocenters. The second-order valence-corrected chi connectivity index (χ2v) is 4.45. The summed E-state index contributed by atoms with van der Waals surface area (Å²) in [6.45, 7) is 4.55. The highest BCUT2D eigenvalue weighted by molar-refractivity contribution is 6.31. The molecule has 5 nitrogen and oxygen atoms in total. The first kappa shape index (κ1) is 15.3. The highest BCUT2D eigenvalue weighted by atomic mass is 35.5. The second kappa shape index (κ2) is 6.43. The SMILES string of the molecule is COc1cc(Cl)c(C)cc1NC(=O)[C@@H](C)OC(C)=O. The van der Waals surface area contributed by atoms with Crippen LogP contribution in [0.2, 0.25) is 5.02 Å². The maximum absolute atomic E-state index is 11.8. The van der Waals surface area contributed by atoms with E-state index in [1.165, 1.54) is 21.0 Å². The zero-order valence-electron chi connectivity index (χ0n) is 11.2. The van der Waals surface area contributed by atoms with Gasteiger partial charge in [0, 0.05) is 18.0 Å². The van der Waals surface area contributed by atoms with Crippen molar-refractivity contribution in [2.24, 2.45) is 0 Å². The van der Waals surface area contributed by atoms with Crippen molar-refractivity contribution in [1.29, 1.82) is 0 Å². The fourth-order valence-corrected chi connectivity index (χ4v) is 1.62. The molecule has 104 valence electrons. The van der Waals surface area contributed by atoms with E-state index in [1.54, 1.807) is 12.1 Å². The fourth-order valence-electron chi connectivity index (χ4n) is 1.47. The summed E-state index contributed by atoms with van der Waals surface area (Å²) < 4.78 is 9.93. The number of hydrogen-bond acceptors (Lipinski definition) is 4. The molecule has 0 heterocycles. The number of carbonyl (C=O) groups is 2. The zero-order valence-corrected chi connectivity index (χ0v) is 12.0. The molecule has 0 aromatic heterocycles. The average molecular weight is 286 g/mol. The van der Waals surface area contributed by atoms with E-state index in [4.69, 9.17) is 21.1 Å². The number of esters is 1. The standard InChI is InChI=1S/C13H16ClNO4/c1-7-5-11(12(18-4)6-10(7)14)15-13(17)8(2)19-9(3)16/h5-6,8H,1-4H3,(H,15,17)/t8-/m1/s1. The van der Waals surface area contributed by atoms with E-state index in [9.17, 15) is 9.59 Å². The summed E-state index contributed by atoms with van der Waals surface area (Å²) in [5.41, 5.74) is 1.28. The predicted octanol–water partition coefficient (Wildman–Crippen LogP) is 2.55. The van der Waals surface area contributed by atoms with Crippen LogP contribution in [0.3, 0.4) is 0 Å². The van der Waals surface area contributed by atoms with Gasteiger partial charge in [0.25, 0.3) is 5.91 Å². The van der Waals surface area contributed by atoms with Crippen LogP contribution in [0.25, 0.3) is 0 Å². The summed E-state index contributed by atoms with van der Waals surface area (Å²) in [5, 5.41) is 3.18. The van der Waals surface area contributed by atoms with E-state index < -0.39 is 18.0 Å². The molecule has 0 saturated carbocycles. The van der Waals surface area contributed by atoms with Gasteiger partial charge in [-0.3, -0.25) is 9.59 Å². The van der Waals surface area contributed by atoms with E-state index in [0.717, 1.165) is 5.56 Å². The minimum atomic E-state index is -0.877. The van der Waals surface area contributed by atoms with E-state index in [1.807, 2.05) is 6.92 Å². The summed E-state index contributed by atoms with van der Waals surface area (Å²) in [6.07, 6.45) is -0.877. The van der Waals surface area contributed by atoms with Crippen LogP contribution in [0, 0.1) is 6.92 Å². The predicted molar refractivity (Wildman–Crippen MR) is 72.6 cm³/mol. The quantitative estimate of drug-likeness (QED) is 0.864. The molecule has 6 heteroatoms. The number of rotatable bonds is 4. The molecule has 1 rings (SSSR count). The Labute approximate surface area is 116 Å². The van der Waals surface area contributed by atoms with Gasteiger partial charge in [-0.25, -0.2) is 0 Å². The van der Waals surface area contributed by atoms with Crippen molar-refractivity contribution in [3.05, 3.63) is 22.7 Å². The summed E-state index contributed by atoms with van der Waals surface area (Å²) in [5.74, 6) is -0.504. The largest absolute Gasteiger partial charge is 0.495 e.